The van der Waals surface area contributed by atoms with Crippen molar-refractivity contribution in [2.24, 2.45) is 0 Å². The van der Waals surface area contributed by atoms with Crippen LogP contribution in [-0.2, 0) is 0 Å². The molecule has 3 rings (SSSR count). The van der Waals surface area contributed by atoms with Crippen LogP contribution in [0.4, 0.5) is 17.3 Å². The maximum atomic E-state index is 12.5. The number of aromatic nitrogens is 2. The average molecular weight is 417 g/mol. The first-order chi connectivity index (χ1) is 14.5. The van der Waals surface area contributed by atoms with Gasteiger partial charge >= 0.3 is 5.69 Å². The molecule has 2 aromatic rings. The minimum Gasteiger partial charge on any atom is -0.496 e. The summed E-state index contributed by atoms with van der Waals surface area (Å²) in [7, 11) is 1.45. The number of carbonyl (C=O) groups is 1. The summed E-state index contributed by atoms with van der Waals surface area (Å²) in [6.07, 6.45) is 1.21. The van der Waals surface area contributed by atoms with E-state index in [4.69, 9.17) is 9.84 Å². The second-order valence-electron chi connectivity index (χ2n) is 6.48. The van der Waals surface area contributed by atoms with Crippen LogP contribution in [0.1, 0.15) is 10.4 Å². The van der Waals surface area contributed by atoms with E-state index in [1.807, 2.05) is 0 Å². The number of nitrogens with zero attached hydrogens (tertiary/aromatic N) is 5. The fourth-order valence-electron chi connectivity index (χ4n) is 3.20. The first-order valence-corrected chi connectivity index (χ1v) is 9.32. The van der Waals surface area contributed by atoms with Gasteiger partial charge < -0.3 is 14.7 Å². The molecule has 0 unspecified atom stereocenters. The molecule has 1 aromatic heterocycles. The molecule has 3 N–H and O–H groups in total. The summed E-state index contributed by atoms with van der Waals surface area (Å²) >= 11 is 0. The normalized spacial score (nSPS) is 14.3. The number of anilines is 2. The minimum atomic E-state index is -0.576. The summed E-state index contributed by atoms with van der Waals surface area (Å²) in [5.74, 6) is -0.103. The van der Waals surface area contributed by atoms with Gasteiger partial charge in [-0.15, -0.1) is 0 Å². The topological polar surface area (TPSA) is 146 Å². The van der Waals surface area contributed by atoms with Gasteiger partial charge in [0.05, 0.1) is 24.2 Å². The van der Waals surface area contributed by atoms with Gasteiger partial charge in [0.25, 0.3) is 5.91 Å². The van der Waals surface area contributed by atoms with Gasteiger partial charge in [-0.2, -0.15) is 0 Å². The highest BCUT2D eigenvalue weighted by Gasteiger charge is 2.29. The molecule has 1 aliphatic heterocycles. The highest BCUT2D eigenvalue weighted by molar-refractivity contribution is 5.97. The molecule has 0 atom stereocenters. The Hall–Kier alpha value is -3.51. The van der Waals surface area contributed by atoms with Crippen LogP contribution in [0.5, 0.6) is 5.75 Å². The van der Waals surface area contributed by atoms with Gasteiger partial charge in [0.15, 0.2) is 0 Å². The second-order valence-corrected chi connectivity index (χ2v) is 6.48. The van der Waals surface area contributed by atoms with Crippen molar-refractivity contribution in [1.82, 2.24) is 20.3 Å². The van der Waals surface area contributed by atoms with Crippen LogP contribution >= 0.6 is 0 Å². The highest BCUT2D eigenvalue weighted by Crippen LogP contribution is 2.32. The molecular formula is C18H23N7O5. The maximum Gasteiger partial charge on any atom is 0.355 e. The van der Waals surface area contributed by atoms with Crippen molar-refractivity contribution in [2.45, 2.75) is 0 Å². The number of hydrazine groups is 1. The van der Waals surface area contributed by atoms with Crippen molar-refractivity contribution in [3.05, 3.63) is 46.3 Å². The van der Waals surface area contributed by atoms with E-state index in [-0.39, 0.29) is 29.5 Å². The zero-order chi connectivity index (χ0) is 21.5. The number of hydrogen-bond acceptors (Lipinski definition) is 10. The van der Waals surface area contributed by atoms with Crippen LogP contribution in [0.15, 0.2) is 30.6 Å². The fourth-order valence-corrected chi connectivity index (χ4v) is 3.20. The van der Waals surface area contributed by atoms with E-state index in [1.165, 1.54) is 13.4 Å². The standard InChI is InChI=1S/C18H23N7O5/c1-30-14-5-3-2-4-13(14)18(27)22-21-16-15(25(28)29)17(20-12-19-16)24-8-6-23(7-9-24)10-11-26/h2-5,12,26H,6-11H2,1H3,(H,22,27)(H,19,20,21). The number of para-hydroxylation sites is 1. The number of piperazine rings is 1. The van der Waals surface area contributed by atoms with Crippen molar-refractivity contribution in [1.29, 1.82) is 0 Å². The SMILES string of the molecule is COc1ccccc1C(=O)NNc1ncnc(N2CCN(CCO)CC2)c1[N+](=O)[O-]. The summed E-state index contributed by atoms with van der Waals surface area (Å²) in [5.41, 5.74) is 4.90. The van der Waals surface area contributed by atoms with E-state index in [2.05, 4.69) is 25.7 Å². The number of aliphatic hydroxyl groups is 1. The lowest BCUT2D eigenvalue weighted by Crippen LogP contribution is -2.47. The second kappa shape index (κ2) is 9.80. The smallest absolute Gasteiger partial charge is 0.355 e. The number of nitro groups is 1. The van der Waals surface area contributed by atoms with E-state index in [1.54, 1.807) is 29.2 Å². The molecule has 12 heteroatoms. The van der Waals surface area contributed by atoms with Gasteiger partial charge in [-0.1, -0.05) is 12.1 Å². The zero-order valence-electron chi connectivity index (χ0n) is 16.4. The average Bonchev–Trinajstić information content (AvgIpc) is 2.77. The third kappa shape index (κ3) is 4.72. The molecule has 1 fully saturated rings. The van der Waals surface area contributed by atoms with E-state index < -0.39 is 10.8 Å². The Balaban J connectivity index is 1.76. The Labute approximate surface area is 172 Å². The molecular weight excluding hydrogens is 394 g/mol. The molecule has 1 saturated heterocycles. The first kappa shape index (κ1) is 21.2. The number of methoxy groups -OCH3 is 1. The molecule has 2 heterocycles. The van der Waals surface area contributed by atoms with Crippen molar-refractivity contribution in [3.8, 4) is 5.75 Å². The zero-order valence-corrected chi connectivity index (χ0v) is 16.4. The molecule has 0 aliphatic carbocycles. The summed E-state index contributed by atoms with van der Waals surface area (Å²) < 4.78 is 5.16. The van der Waals surface area contributed by atoms with Crippen molar-refractivity contribution >= 4 is 23.2 Å². The molecule has 0 spiro atoms. The molecule has 12 nitrogen and oxygen atoms in total. The largest absolute Gasteiger partial charge is 0.496 e. The first-order valence-electron chi connectivity index (χ1n) is 9.32. The third-order valence-electron chi connectivity index (χ3n) is 4.72. The third-order valence-corrected chi connectivity index (χ3v) is 4.72. The molecule has 0 radical (unpaired) electrons. The summed E-state index contributed by atoms with van der Waals surface area (Å²) in [4.78, 5) is 35.5. The van der Waals surface area contributed by atoms with Gasteiger partial charge in [-0.05, 0) is 12.1 Å². The van der Waals surface area contributed by atoms with Crippen LogP contribution in [0.2, 0.25) is 0 Å². The van der Waals surface area contributed by atoms with Crippen molar-refractivity contribution < 1.29 is 19.6 Å². The number of carbonyl (C=O) groups excluding carboxylic acids is 1. The number of β-amino-alcohol motifs (C(OH)–C–C–N with tert-alkyl or cyclic N) is 1. The van der Waals surface area contributed by atoms with E-state index in [0.717, 1.165) is 0 Å². The Kier molecular flexibility index (Phi) is 6.93. The number of ether oxygens (including phenoxy) is 1. The van der Waals surface area contributed by atoms with Gasteiger partial charge in [-0.3, -0.25) is 30.7 Å². The molecule has 30 heavy (non-hydrogen) atoms. The highest BCUT2D eigenvalue weighted by atomic mass is 16.6. The summed E-state index contributed by atoms with van der Waals surface area (Å²) in [6, 6.07) is 6.61. The number of rotatable bonds is 8. The minimum absolute atomic E-state index is 0.0631. The lowest BCUT2D eigenvalue weighted by Gasteiger charge is -2.34. The van der Waals surface area contributed by atoms with Crippen LogP contribution < -0.4 is 20.5 Å². The maximum absolute atomic E-state index is 12.5. The van der Waals surface area contributed by atoms with Gasteiger partial charge in [0, 0.05) is 32.7 Å². The number of hydrogen-bond donors (Lipinski definition) is 3. The van der Waals surface area contributed by atoms with Gasteiger partial charge in [0.1, 0.15) is 12.1 Å². The molecule has 1 amide bonds. The summed E-state index contributed by atoms with van der Waals surface area (Å²) in [5, 5.41) is 20.8. The van der Waals surface area contributed by atoms with Gasteiger partial charge in [0.2, 0.25) is 11.6 Å². The van der Waals surface area contributed by atoms with E-state index in [9.17, 15) is 14.9 Å². The predicted octanol–water partition coefficient (Wildman–Crippen LogP) is 0.265. The van der Waals surface area contributed by atoms with E-state index >= 15 is 0 Å². The Morgan fingerprint density at radius 2 is 2.00 bits per heavy atom. The predicted molar refractivity (Wildman–Crippen MR) is 109 cm³/mol. The number of amides is 1. The number of benzene rings is 1. The van der Waals surface area contributed by atoms with Crippen LogP contribution in [0.3, 0.4) is 0 Å². The summed E-state index contributed by atoms with van der Waals surface area (Å²) in [6.45, 7) is 2.95. The Morgan fingerprint density at radius 3 is 2.67 bits per heavy atom. The molecule has 1 aliphatic rings. The quantitative estimate of drug-likeness (QED) is 0.404. The Bertz CT molecular complexity index is 902. The molecule has 1 aromatic carbocycles. The fraction of sp³-hybridized carbons (Fsp3) is 0.389. The van der Waals surface area contributed by atoms with Crippen LogP contribution in [-0.4, -0.2) is 77.2 Å². The van der Waals surface area contributed by atoms with Gasteiger partial charge in [-0.25, -0.2) is 9.97 Å². The van der Waals surface area contributed by atoms with Crippen molar-refractivity contribution in [3.63, 3.8) is 0 Å². The Morgan fingerprint density at radius 1 is 1.27 bits per heavy atom. The monoisotopic (exact) mass is 417 g/mol. The molecule has 0 saturated carbocycles. The van der Waals surface area contributed by atoms with Crippen LogP contribution in [0, 0.1) is 10.1 Å². The molecule has 160 valence electrons. The lowest BCUT2D eigenvalue weighted by molar-refractivity contribution is -0.383. The lowest BCUT2D eigenvalue weighted by atomic mass is 10.2. The number of aliphatic hydroxyl groups excluding tert-OH is 1. The van der Waals surface area contributed by atoms with Crippen LogP contribution in [0.25, 0.3) is 0 Å². The number of nitrogens with one attached hydrogen (secondary N) is 2. The van der Waals surface area contributed by atoms with Crippen molar-refractivity contribution in [2.75, 3.05) is 56.8 Å². The molecule has 0 bridgehead atoms. The van der Waals surface area contributed by atoms with E-state index in [0.29, 0.717) is 38.5 Å².